The highest BCUT2D eigenvalue weighted by Gasteiger charge is 2.50. The van der Waals surface area contributed by atoms with E-state index in [1.54, 1.807) is 20.8 Å². The summed E-state index contributed by atoms with van der Waals surface area (Å²) < 4.78 is 71.7. The van der Waals surface area contributed by atoms with Gasteiger partial charge in [0.15, 0.2) is 11.6 Å². The number of hydrogen-bond donors (Lipinski definition) is 1. The first kappa shape index (κ1) is 35.9. The number of halogens is 4. The molecule has 0 radical (unpaired) electrons. The molecule has 4 aromatic rings. The van der Waals surface area contributed by atoms with Crippen LogP contribution >= 0.6 is 22.9 Å². The molecule has 3 unspecified atom stereocenters. The van der Waals surface area contributed by atoms with Crippen LogP contribution in [0.4, 0.5) is 28.8 Å². The van der Waals surface area contributed by atoms with Crippen LogP contribution in [0.3, 0.4) is 0 Å². The van der Waals surface area contributed by atoms with Gasteiger partial charge in [0, 0.05) is 36.9 Å². The summed E-state index contributed by atoms with van der Waals surface area (Å²) in [6, 6.07) is 4.27. The zero-order chi connectivity index (χ0) is 37.6. The van der Waals surface area contributed by atoms with Gasteiger partial charge in [-0.3, -0.25) is 10.2 Å². The summed E-state index contributed by atoms with van der Waals surface area (Å²) in [6.45, 7) is 8.96. The molecule has 1 amide bonds. The van der Waals surface area contributed by atoms with E-state index in [1.807, 2.05) is 18.9 Å². The van der Waals surface area contributed by atoms with Crippen molar-refractivity contribution in [3.05, 3.63) is 34.4 Å². The maximum Gasteiger partial charge on any atom is 0.412 e. The lowest BCUT2D eigenvalue weighted by molar-refractivity contribution is 0.0636. The number of nitriles is 1. The van der Waals surface area contributed by atoms with Gasteiger partial charge in [-0.2, -0.15) is 15.2 Å². The molecular weight excluding hydrogens is 733 g/mol. The van der Waals surface area contributed by atoms with Crippen LogP contribution < -0.4 is 19.7 Å². The molecule has 2 aromatic heterocycles. The molecule has 0 aliphatic carbocycles. The van der Waals surface area contributed by atoms with E-state index in [0.717, 1.165) is 36.8 Å². The standard InChI is InChI=1S/C37H38ClF3N6O5S/c1-17-21-14-49-15-23(21)46(5)32-26-29(43-34(44-32)50-16-37-9-6-10-47(37)13-18(39)11-37)28(41)25(27(38)30(26)51-17)19-7-8-22(40)31-24(19)20(12-42)33(53-31)45-35(48)52-36(2,3)4/h7-8,17-18,21,23H,6,9-11,13-16H2,1-5H3,(H,45,48)/t17?,18-,21?,23?,37+/m1/s1. The van der Waals surface area contributed by atoms with Crippen molar-refractivity contribution in [3.8, 4) is 29.0 Å². The van der Waals surface area contributed by atoms with Gasteiger partial charge in [-0.25, -0.2) is 18.0 Å². The number of carbonyl (C=O) groups excluding carboxylic acids is 1. The summed E-state index contributed by atoms with van der Waals surface area (Å²) in [4.78, 5) is 26.2. The van der Waals surface area contributed by atoms with Crippen molar-refractivity contribution < 1.29 is 36.9 Å². The molecule has 53 heavy (non-hydrogen) atoms. The Morgan fingerprint density at radius 1 is 1.25 bits per heavy atom. The lowest BCUT2D eigenvalue weighted by Gasteiger charge is -2.36. The number of thiophene rings is 1. The first-order valence-corrected chi connectivity index (χ1v) is 18.8. The smallest absolute Gasteiger partial charge is 0.412 e. The van der Waals surface area contributed by atoms with Gasteiger partial charge >= 0.3 is 12.1 Å². The van der Waals surface area contributed by atoms with Crippen molar-refractivity contribution in [2.75, 3.05) is 50.2 Å². The second kappa shape index (κ2) is 13.0. The largest absolute Gasteiger partial charge is 0.488 e. The first-order chi connectivity index (χ1) is 25.2. The molecule has 8 rings (SSSR count). The third-order valence-corrected chi connectivity index (χ3v) is 12.3. The van der Waals surface area contributed by atoms with Crippen LogP contribution in [0.2, 0.25) is 5.02 Å². The Morgan fingerprint density at radius 3 is 2.79 bits per heavy atom. The Hall–Kier alpha value is -4.10. The van der Waals surface area contributed by atoms with E-state index < -0.39 is 41.1 Å². The number of carbonyl (C=O) groups is 1. The number of alkyl halides is 1. The van der Waals surface area contributed by atoms with Crippen LogP contribution in [0.5, 0.6) is 11.8 Å². The molecule has 5 atom stereocenters. The normalized spacial score (nSPS) is 25.5. The molecule has 2 aromatic carbocycles. The van der Waals surface area contributed by atoms with E-state index in [4.69, 9.17) is 35.5 Å². The number of benzene rings is 2. The number of rotatable bonds is 5. The molecule has 0 spiro atoms. The Bertz CT molecular complexity index is 2210. The van der Waals surface area contributed by atoms with Crippen LogP contribution in [0.1, 0.15) is 52.5 Å². The Balaban J connectivity index is 1.33. The van der Waals surface area contributed by atoms with Crippen molar-refractivity contribution in [3.63, 3.8) is 0 Å². The average Bonchev–Trinajstić information content (AvgIpc) is 3.87. The fraction of sp³-hybridized carbons (Fsp3) is 0.514. The summed E-state index contributed by atoms with van der Waals surface area (Å²) >= 11 is 7.99. The predicted octanol–water partition coefficient (Wildman–Crippen LogP) is 7.85. The monoisotopic (exact) mass is 770 g/mol. The van der Waals surface area contributed by atoms with E-state index in [9.17, 15) is 14.4 Å². The highest BCUT2D eigenvalue weighted by Crippen LogP contribution is 2.52. The second-order valence-electron chi connectivity index (χ2n) is 15.3. The predicted molar refractivity (Wildman–Crippen MR) is 195 cm³/mol. The summed E-state index contributed by atoms with van der Waals surface area (Å²) in [6.07, 6.45) is -0.258. The Morgan fingerprint density at radius 2 is 2.04 bits per heavy atom. The van der Waals surface area contributed by atoms with Crippen LogP contribution in [-0.2, 0) is 9.47 Å². The van der Waals surface area contributed by atoms with Gasteiger partial charge in [0.05, 0.1) is 45.5 Å². The molecule has 280 valence electrons. The van der Waals surface area contributed by atoms with Crippen LogP contribution in [0, 0.1) is 28.9 Å². The number of aromatic nitrogens is 2. The molecule has 4 aliphatic rings. The molecule has 1 N–H and O–H groups in total. The van der Waals surface area contributed by atoms with Gasteiger partial charge in [0.25, 0.3) is 0 Å². The number of amides is 1. The summed E-state index contributed by atoms with van der Waals surface area (Å²) in [5, 5.41) is 13.1. The van der Waals surface area contributed by atoms with E-state index in [2.05, 4.69) is 21.3 Å². The first-order valence-electron chi connectivity index (χ1n) is 17.6. The maximum atomic E-state index is 17.5. The summed E-state index contributed by atoms with van der Waals surface area (Å²) in [7, 11) is 1.84. The van der Waals surface area contributed by atoms with E-state index in [-0.39, 0.29) is 78.0 Å². The van der Waals surface area contributed by atoms with E-state index >= 15 is 8.78 Å². The summed E-state index contributed by atoms with van der Waals surface area (Å²) in [5.41, 5.74) is -1.70. The molecule has 4 aliphatic heterocycles. The minimum absolute atomic E-state index is 0.00110. The fourth-order valence-corrected chi connectivity index (χ4v) is 9.75. The highest BCUT2D eigenvalue weighted by molar-refractivity contribution is 7.23. The number of likely N-dealkylation sites (N-methyl/N-ethyl adjacent to an activating group) is 1. The van der Waals surface area contributed by atoms with E-state index in [0.29, 0.717) is 32.0 Å². The minimum Gasteiger partial charge on any atom is -0.488 e. The maximum absolute atomic E-state index is 17.5. The SMILES string of the molecule is CC1Oc2c(Cl)c(-c3ccc(F)c4sc(NC(=O)OC(C)(C)C)c(C#N)c34)c(F)c3nc(OC[C@@]45CCCN4C[C@H](F)C5)nc(c23)N(C)C2COCC12. The molecule has 3 fully saturated rings. The topological polar surface area (TPSA) is 122 Å². The van der Waals surface area contributed by atoms with Crippen molar-refractivity contribution in [2.45, 2.75) is 76.4 Å². The number of ether oxygens (including phenoxy) is 4. The third kappa shape index (κ3) is 5.98. The lowest BCUT2D eigenvalue weighted by atomic mass is 9.93. The molecular formula is C37H38ClF3N6O5S. The number of hydrogen-bond acceptors (Lipinski definition) is 11. The number of nitrogens with zero attached hydrogens (tertiary/aromatic N) is 5. The van der Waals surface area contributed by atoms with Gasteiger partial charge in [0.2, 0.25) is 0 Å². The Labute approximate surface area is 312 Å². The van der Waals surface area contributed by atoms with Gasteiger partial charge in [-0.15, -0.1) is 11.3 Å². The second-order valence-corrected chi connectivity index (χ2v) is 16.7. The van der Waals surface area contributed by atoms with Crippen molar-refractivity contribution in [2.24, 2.45) is 5.92 Å². The average molecular weight is 771 g/mol. The highest BCUT2D eigenvalue weighted by atomic mass is 35.5. The van der Waals surface area contributed by atoms with Gasteiger partial charge in [-0.05, 0) is 58.7 Å². The quantitative estimate of drug-likeness (QED) is 0.215. The molecule has 6 heterocycles. The molecule has 11 nitrogen and oxygen atoms in total. The van der Waals surface area contributed by atoms with Crippen molar-refractivity contribution in [1.29, 1.82) is 5.26 Å². The van der Waals surface area contributed by atoms with Crippen LogP contribution in [0.15, 0.2) is 12.1 Å². The summed E-state index contributed by atoms with van der Waals surface area (Å²) in [5.74, 6) is -1.24. The van der Waals surface area contributed by atoms with E-state index in [1.165, 1.54) is 6.07 Å². The van der Waals surface area contributed by atoms with Gasteiger partial charge in [-0.1, -0.05) is 17.7 Å². The fourth-order valence-electron chi connectivity index (χ4n) is 8.36. The van der Waals surface area contributed by atoms with Gasteiger partial charge < -0.3 is 23.8 Å². The van der Waals surface area contributed by atoms with Crippen molar-refractivity contribution in [1.82, 2.24) is 14.9 Å². The number of anilines is 2. The molecule has 0 saturated carbocycles. The van der Waals surface area contributed by atoms with Crippen molar-refractivity contribution >= 4 is 60.8 Å². The third-order valence-electron chi connectivity index (χ3n) is 10.8. The Kier molecular flexibility index (Phi) is 8.83. The number of fused-ring (bicyclic) bond motifs is 3. The minimum atomic E-state index is -0.970. The lowest BCUT2D eigenvalue weighted by Crippen LogP contribution is -2.45. The zero-order valence-electron chi connectivity index (χ0n) is 29.8. The molecule has 3 saturated heterocycles. The number of nitrogens with one attached hydrogen (secondary N) is 1. The van der Waals surface area contributed by atoms with Crippen LogP contribution in [0.25, 0.3) is 32.1 Å². The van der Waals surface area contributed by atoms with Gasteiger partial charge in [0.1, 0.15) is 52.7 Å². The molecule has 0 bridgehead atoms. The van der Waals surface area contributed by atoms with Crippen LogP contribution in [-0.4, -0.2) is 90.4 Å². The zero-order valence-corrected chi connectivity index (χ0v) is 31.4. The molecule has 16 heteroatoms.